The van der Waals surface area contributed by atoms with Crippen molar-refractivity contribution in [3.8, 4) is 11.5 Å². The van der Waals surface area contributed by atoms with E-state index < -0.39 is 0 Å². The molecule has 96 valence electrons. The van der Waals surface area contributed by atoms with E-state index in [2.05, 4.69) is 13.0 Å². The number of benzene rings is 1. The summed E-state index contributed by atoms with van der Waals surface area (Å²) >= 11 is 0. The Morgan fingerprint density at radius 1 is 1.18 bits per heavy atom. The fraction of sp³-hybridized carbons (Fsp3) is 0.571. The fourth-order valence-corrected chi connectivity index (χ4v) is 2.16. The first kappa shape index (κ1) is 13.8. The normalized spacial score (nSPS) is 12.2. The Morgan fingerprint density at radius 2 is 1.94 bits per heavy atom. The molecule has 1 aromatic rings. The highest BCUT2D eigenvalue weighted by molar-refractivity contribution is 5.42. The lowest BCUT2D eigenvalue weighted by Gasteiger charge is -2.19. The number of nitrogens with two attached hydrogens (primary N) is 1. The minimum atomic E-state index is 0.454. The molecule has 17 heavy (non-hydrogen) atoms. The summed E-state index contributed by atoms with van der Waals surface area (Å²) < 4.78 is 10.7. The molecule has 1 unspecified atom stereocenters. The molecule has 0 bridgehead atoms. The molecule has 0 spiro atoms. The molecule has 0 heterocycles. The average molecular weight is 237 g/mol. The third-order valence-electron chi connectivity index (χ3n) is 3.03. The van der Waals surface area contributed by atoms with Crippen LogP contribution in [0.4, 0.5) is 0 Å². The largest absolute Gasteiger partial charge is 0.497 e. The van der Waals surface area contributed by atoms with Crippen LogP contribution >= 0.6 is 0 Å². The number of hydrogen-bond acceptors (Lipinski definition) is 3. The quantitative estimate of drug-likeness (QED) is 0.793. The zero-order valence-electron chi connectivity index (χ0n) is 11.0. The van der Waals surface area contributed by atoms with E-state index in [0.29, 0.717) is 12.5 Å². The second-order valence-corrected chi connectivity index (χ2v) is 4.17. The molecule has 2 N–H and O–H groups in total. The number of methoxy groups -OCH3 is 2. The van der Waals surface area contributed by atoms with Crippen molar-refractivity contribution in [2.75, 3.05) is 20.8 Å². The molecule has 1 aromatic carbocycles. The molecule has 0 radical (unpaired) electrons. The molecule has 1 rings (SSSR count). The summed E-state index contributed by atoms with van der Waals surface area (Å²) in [6, 6.07) is 5.95. The van der Waals surface area contributed by atoms with Crippen molar-refractivity contribution in [2.45, 2.75) is 32.1 Å². The first-order valence-electron chi connectivity index (χ1n) is 6.18. The molecule has 3 nitrogen and oxygen atoms in total. The Hall–Kier alpha value is -1.22. The van der Waals surface area contributed by atoms with Crippen molar-refractivity contribution in [1.29, 1.82) is 0 Å². The molecule has 0 amide bonds. The summed E-state index contributed by atoms with van der Waals surface area (Å²) in [7, 11) is 3.39. The second kappa shape index (κ2) is 7.17. The minimum Gasteiger partial charge on any atom is -0.497 e. The van der Waals surface area contributed by atoms with Gasteiger partial charge in [0.15, 0.2) is 0 Å². The maximum Gasteiger partial charge on any atom is 0.122 e. The number of rotatable bonds is 7. The van der Waals surface area contributed by atoms with Crippen LogP contribution in [0.2, 0.25) is 0 Å². The zero-order chi connectivity index (χ0) is 12.7. The Bertz CT molecular complexity index is 333. The monoisotopic (exact) mass is 237 g/mol. The van der Waals surface area contributed by atoms with Crippen LogP contribution in [0.5, 0.6) is 11.5 Å². The standard InChI is InChI=1S/C14H23NO2/c1-4-5-11(8-9-15)13-10-12(16-2)6-7-14(13)17-3/h6-7,10-11H,4-5,8-9,15H2,1-3H3. The van der Waals surface area contributed by atoms with Crippen molar-refractivity contribution in [2.24, 2.45) is 5.73 Å². The topological polar surface area (TPSA) is 44.5 Å². The van der Waals surface area contributed by atoms with Crippen LogP contribution in [-0.4, -0.2) is 20.8 Å². The highest BCUT2D eigenvalue weighted by Gasteiger charge is 2.15. The highest BCUT2D eigenvalue weighted by Crippen LogP contribution is 2.34. The first-order valence-corrected chi connectivity index (χ1v) is 6.18. The van der Waals surface area contributed by atoms with E-state index in [0.717, 1.165) is 30.8 Å². The van der Waals surface area contributed by atoms with Crippen molar-refractivity contribution in [1.82, 2.24) is 0 Å². The summed E-state index contributed by atoms with van der Waals surface area (Å²) in [5.74, 6) is 2.26. The van der Waals surface area contributed by atoms with Crippen LogP contribution in [0.25, 0.3) is 0 Å². The summed E-state index contributed by atoms with van der Waals surface area (Å²) in [5.41, 5.74) is 6.89. The minimum absolute atomic E-state index is 0.454. The van der Waals surface area contributed by atoms with Gasteiger partial charge in [-0.25, -0.2) is 0 Å². The number of ether oxygens (including phenoxy) is 2. The molecule has 0 saturated carbocycles. The van der Waals surface area contributed by atoms with Crippen LogP contribution < -0.4 is 15.2 Å². The fourth-order valence-electron chi connectivity index (χ4n) is 2.16. The molecule has 0 aliphatic heterocycles. The molecule has 1 atom stereocenters. The lowest BCUT2D eigenvalue weighted by atomic mass is 9.90. The van der Waals surface area contributed by atoms with Gasteiger partial charge in [0, 0.05) is 5.56 Å². The van der Waals surface area contributed by atoms with Gasteiger partial charge in [-0.1, -0.05) is 13.3 Å². The molecule has 0 aliphatic carbocycles. The van der Waals surface area contributed by atoms with Gasteiger partial charge in [0.1, 0.15) is 11.5 Å². The average Bonchev–Trinajstić information content (AvgIpc) is 2.37. The van der Waals surface area contributed by atoms with Crippen molar-refractivity contribution < 1.29 is 9.47 Å². The van der Waals surface area contributed by atoms with Gasteiger partial charge in [-0.3, -0.25) is 0 Å². The smallest absolute Gasteiger partial charge is 0.122 e. The van der Waals surface area contributed by atoms with Gasteiger partial charge in [-0.2, -0.15) is 0 Å². The SMILES string of the molecule is CCCC(CCN)c1cc(OC)ccc1OC. The van der Waals surface area contributed by atoms with Crippen molar-refractivity contribution in [3.63, 3.8) is 0 Å². The van der Waals surface area contributed by atoms with E-state index in [-0.39, 0.29) is 0 Å². The Kier molecular flexibility index (Phi) is 5.84. The maximum absolute atomic E-state index is 5.69. The van der Waals surface area contributed by atoms with E-state index >= 15 is 0 Å². The van der Waals surface area contributed by atoms with E-state index in [1.54, 1.807) is 14.2 Å². The molecule has 0 saturated heterocycles. The van der Waals surface area contributed by atoms with Gasteiger partial charge in [0.2, 0.25) is 0 Å². The lowest BCUT2D eigenvalue weighted by Crippen LogP contribution is -2.09. The predicted octanol–water partition coefficient (Wildman–Crippen LogP) is 2.94. The molecular formula is C14H23NO2. The Labute approximate surface area is 104 Å². The Balaban J connectivity index is 3.04. The summed E-state index contributed by atoms with van der Waals surface area (Å²) in [5, 5.41) is 0. The van der Waals surface area contributed by atoms with Gasteiger partial charge >= 0.3 is 0 Å². The van der Waals surface area contributed by atoms with Gasteiger partial charge in [-0.15, -0.1) is 0 Å². The summed E-state index contributed by atoms with van der Waals surface area (Å²) in [6.45, 7) is 2.89. The van der Waals surface area contributed by atoms with Gasteiger partial charge in [-0.05, 0) is 43.5 Å². The van der Waals surface area contributed by atoms with E-state index in [4.69, 9.17) is 15.2 Å². The van der Waals surface area contributed by atoms with E-state index in [1.807, 2.05) is 12.1 Å². The van der Waals surface area contributed by atoms with Crippen LogP contribution in [0, 0.1) is 0 Å². The van der Waals surface area contributed by atoms with Gasteiger partial charge in [0.05, 0.1) is 14.2 Å². The first-order chi connectivity index (χ1) is 8.26. The maximum atomic E-state index is 5.69. The molecule has 3 heteroatoms. The third kappa shape index (κ3) is 3.63. The van der Waals surface area contributed by atoms with Gasteiger partial charge < -0.3 is 15.2 Å². The molecule has 0 aliphatic rings. The Morgan fingerprint density at radius 3 is 2.47 bits per heavy atom. The van der Waals surface area contributed by atoms with Crippen LogP contribution in [0.3, 0.4) is 0 Å². The van der Waals surface area contributed by atoms with E-state index in [1.165, 1.54) is 5.56 Å². The third-order valence-corrected chi connectivity index (χ3v) is 3.03. The second-order valence-electron chi connectivity index (χ2n) is 4.17. The zero-order valence-corrected chi connectivity index (χ0v) is 11.0. The van der Waals surface area contributed by atoms with Crippen LogP contribution in [-0.2, 0) is 0 Å². The van der Waals surface area contributed by atoms with E-state index in [9.17, 15) is 0 Å². The summed E-state index contributed by atoms with van der Waals surface area (Å²) in [4.78, 5) is 0. The molecule has 0 aromatic heterocycles. The molecule has 0 fully saturated rings. The lowest BCUT2D eigenvalue weighted by molar-refractivity contribution is 0.391. The summed E-state index contributed by atoms with van der Waals surface area (Å²) in [6.07, 6.45) is 3.25. The van der Waals surface area contributed by atoms with Crippen molar-refractivity contribution in [3.05, 3.63) is 23.8 Å². The van der Waals surface area contributed by atoms with Crippen LogP contribution in [0.15, 0.2) is 18.2 Å². The van der Waals surface area contributed by atoms with Gasteiger partial charge in [0.25, 0.3) is 0 Å². The molecular weight excluding hydrogens is 214 g/mol. The van der Waals surface area contributed by atoms with Crippen LogP contribution in [0.1, 0.15) is 37.7 Å². The van der Waals surface area contributed by atoms with Crippen molar-refractivity contribution >= 4 is 0 Å². The highest BCUT2D eigenvalue weighted by atomic mass is 16.5. The predicted molar refractivity (Wildman–Crippen MR) is 70.9 cm³/mol. The number of hydrogen-bond donors (Lipinski definition) is 1.